The fourth-order valence-corrected chi connectivity index (χ4v) is 3.44. The lowest BCUT2D eigenvalue weighted by Crippen LogP contribution is -2.21. The van der Waals surface area contributed by atoms with E-state index in [1.54, 1.807) is 19.0 Å². The maximum atomic E-state index is 11.4. The van der Waals surface area contributed by atoms with Crippen LogP contribution in [0.1, 0.15) is 17.0 Å². The van der Waals surface area contributed by atoms with Crippen molar-refractivity contribution in [3.05, 3.63) is 10.6 Å². The number of amides is 1. The highest BCUT2D eigenvalue weighted by molar-refractivity contribution is 8.01. The molecule has 0 aliphatic carbocycles. The molecule has 5 nitrogen and oxygen atoms in total. The standard InChI is InChI=1S/C11H16N2O3S2/c1-7-8(6-10(15)16)18-11(12-7)17-5-4-9(14)13(2)3/h4-6H2,1-3H3,(H,15,16). The van der Waals surface area contributed by atoms with Crippen LogP contribution < -0.4 is 0 Å². The van der Waals surface area contributed by atoms with Gasteiger partial charge in [0.25, 0.3) is 0 Å². The second-order valence-electron chi connectivity index (χ2n) is 3.95. The molecule has 1 rings (SSSR count). The van der Waals surface area contributed by atoms with Crippen molar-refractivity contribution < 1.29 is 14.7 Å². The van der Waals surface area contributed by atoms with Gasteiger partial charge in [0.1, 0.15) is 4.34 Å². The maximum absolute atomic E-state index is 11.4. The van der Waals surface area contributed by atoms with E-state index < -0.39 is 5.97 Å². The molecular formula is C11H16N2O3S2. The molecule has 0 aliphatic heterocycles. The van der Waals surface area contributed by atoms with E-state index in [0.29, 0.717) is 12.2 Å². The molecular weight excluding hydrogens is 272 g/mol. The Labute approximate surface area is 114 Å². The molecule has 0 saturated heterocycles. The van der Waals surface area contributed by atoms with Crippen LogP contribution >= 0.6 is 23.1 Å². The van der Waals surface area contributed by atoms with E-state index in [1.807, 2.05) is 6.92 Å². The van der Waals surface area contributed by atoms with Gasteiger partial charge in [0.05, 0.1) is 12.1 Å². The minimum atomic E-state index is -0.846. The summed E-state index contributed by atoms with van der Waals surface area (Å²) < 4.78 is 0.829. The van der Waals surface area contributed by atoms with Crippen molar-refractivity contribution >= 4 is 35.0 Å². The summed E-state index contributed by atoms with van der Waals surface area (Å²) in [5, 5.41) is 8.73. The van der Waals surface area contributed by atoms with Crippen molar-refractivity contribution in [1.29, 1.82) is 0 Å². The largest absolute Gasteiger partial charge is 0.481 e. The summed E-state index contributed by atoms with van der Waals surface area (Å²) in [7, 11) is 3.46. The molecule has 0 fully saturated rings. The first-order valence-electron chi connectivity index (χ1n) is 5.41. The molecule has 1 amide bonds. The molecule has 0 aliphatic rings. The van der Waals surface area contributed by atoms with Gasteiger partial charge in [-0.15, -0.1) is 11.3 Å². The van der Waals surface area contributed by atoms with E-state index in [-0.39, 0.29) is 12.3 Å². The number of carboxylic acids is 1. The van der Waals surface area contributed by atoms with Crippen LogP contribution in [0.15, 0.2) is 4.34 Å². The van der Waals surface area contributed by atoms with Gasteiger partial charge in [-0.25, -0.2) is 4.98 Å². The maximum Gasteiger partial charge on any atom is 0.308 e. The van der Waals surface area contributed by atoms with E-state index in [0.717, 1.165) is 14.9 Å². The minimum Gasteiger partial charge on any atom is -0.481 e. The van der Waals surface area contributed by atoms with Crippen LogP contribution in [-0.2, 0) is 16.0 Å². The predicted octanol–water partition coefficient (Wildman–Crippen LogP) is 1.65. The van der Waals surface area contributed by atoms with Crippen molar-refractivity contribution in [1.82, 2.24) is 9.88 Å². The van der Waals surface area contributed by atoms with Crippen molar-refractivity contribution in [3.63, 3.8) is 0 Å². The topological polar surface area (TPSA) is 70.5 Å². The van der Waals surface area contributed by atoms with Crippen molar-refractivity contribution in [2.24, 2.45) is 0 Å². The van der Waals surface area contributed by atoms with Gasteiger partial charge >= 0.3 is 5.97 Å². The highest BCUT2D eigenvalue weighted by Gasteiger charge is 2.12. The zero-order valence-corrected chi connectivity index (χ0v) is 12.2. The second-order valence-corrected chi connectivity index (χ2v) is 6.37. The monoisotopic (exact) mass is 288 g/mol. The second kappa shape index (κ2) is 6.75. The van der Waals surface area contributed by atoms with Gasteiger partial charge < -0.3 is 10.0 Å². The average molecular weight is 288 g/mol. The van der Waals surface area contributed by atoms with E-state index >= 15 is 0 Å². The Bertz CT molecular complexity index is 443. The van der Waals surface area contributed by atoms with E-state index in [1.165, 1.54) is 23.1 Å². The van der Waals surface area contributed by atoms with Gasteiger partial charge in [-0.1, -0.05) is 11.8 Å². The molecule has 1 heterocycles. The zero-order chi connectivity index (χ0) is 13.7. The third-order valence-electron chi connectivity index (χ3n) is 2.23. The Kier molecular flexibility index (Phi) is 5.61. The molecule has 1 aromatic rings. The Morgan fingerprint density at radius 3 is 2.67 bits per heavy atom. The smallest absolute Gasteiger partial charge is 0.308 e. The summed E-state index contributed by atoms with van der Waals surface area (Å²) in [5.74, 6) is -0.0983. The molecule has 0 saturated carbocycles. The first-order chi connectivity index (χ1) is 8.40. The van der Waals surface area contributed by atoms with Gasteiger partial charge in [-0.05, 0) is 6.92 Å². The third kappa shape index (κ3) is 4.66. The SMILES string of the molecule is Cc1nc(SCCC(=O)N(C)C)sc1CC(=O)O. The summed E-state index contributed by atoms with van der Waals surface area (Å²) in [4.78, 5) is 28.6. The van der Waals surface area contributed by atoms with Gasteiger partial charge in [-0.2, -0.15) is 0 Å². The van der Waals surface area contributed by atoms with Gasteiger partial charge in [0, 0.05) is 31.1 Å². The van der Waals surface area contributed by atoms with Crippen LogP contribution in [0.2, 0.25) is 0 Å². The molecule has 0 bridgehead atoms. The third-order valence-corrected chi connectivity index (χ3v) is 4.53. The number of aliphatic carboxylic acids is 1. The van der Waals surface area contributed by atoms with Crippen molar-refractivity contribution in [2.45, 2.75) is 24.1 Å². The van der Waals surface area contributed by atoms with Crippen LogP contribution in [0.25, 0.3) is 0 Å². The normalized spacial score (nSPS) is 10.4. The molecule has 0 aromatic carbocycles. The van der Waals surface area contributed by atoms with Crippen LogP contribution in [-0.4, -0.2) is 46.7 Å². The highest BCUT2D eigenvalue weighted by Crippen LogP contribution is 2.28. The number of hydrogen-bond donors (Lipinski definition) is 1. The quantitative estimate of drug-likeness (QED) is 0.806. The molecule has 18 heavy (non-hydrogen) atoms. The molecule has 0 atom stereocenters. The number of hydrogen-bond acceptors (Lipinski definition) is 5. The van der Waals surface area contributed by atoms with Gasteiger partial charge in [-0.3, -0.25) is 9.59 Å². The number of thioether (sulfide) groups is 1. The molecule has 0 spiro atoms. The Hall–Kier alpha value is -1.08. The summed E-state index contributed by atoms with van der Waals surface area (Å²) in [5.41, 5.74) is 0.767. The number of nitrogens with zero attached hydrogens (tertiary/aromatic N) is 2. The first kappa shape index (κ1) is 15.0. The fraction of sp³-hybridized carbons (Fsp3) is 0.545. The van der Waals surface area contributed by atoms with Crippen LogP contribution in [0.4, 0.5) is 0 Å². The number of aryl methyl sites for hydroxylation is 1. The number of carboxylic acid groups (broad SMARTS) is 1. The van der Waals surface area contributed by atoms with Crippen molar-refractivity contribution in [3.8, 4) is 0 Å². The highest BCUT2D eigenvalue weighted by atomic mass is 32.2. The molecule has 0 unspecified atom stereocenters. The van der Waals surface area contributed by atoms with Gasteiger partial charge in [0.15, 0.2) is 0 Å². The number of rotatable bonds is 6. The summed E-state index contributed by atoms with van der Waals surface area (Å²) >= 11 is 2.89. The van der Waals surface area contributed by atoms with E-state index in [9.17, 15) is 9.59 Å². The number of carbonyl (C=O) groups excluding carboxylic acids is 1. The summed E-state index contributed by atoms with van der Waals surface area (Å²) in [6.45, 7) is 1.81. The van der Waals surface area contributed by atoms with Crippen molar-refractivity contribution in [2.75, 3.05) is 19.8 Å². The molecule has 1 N–H and O–H groups in total. The number of thiazole rings is 1. The average Bonchev–Trinajstić information content (AvgIpc) is 2.58. The van der Waals surface area contributed by atoms with Gasteiger partial charge in [0.2, 0.25) is 5.91 Å². The molecule has 100 valence electrons. The zero-order valence-electron chi connectivity index (χ0n) is 10.6. The van der Waals surface area contributed by atoms with E-state index in [4.69, 9.17) is 5.11 Å². The first-order valence-corrected chi connectivity index (χ1v) is 7.21. The predicted molar refractivity (Wildman–Crippen MR) is 72.2 cm³/mol. The Balaban J connectivity index is 2.48. The number of aromatic nitrogens is 1. The fourth-order valence-electron chi connectivity index (χ4n) is 1.21. The van der Waals surface area contributed by atoms with Crippen LogP contribution in [0.3, 0.4) is 0 Å². The van der Waals surface area contributed by atoms with E-state index in [2.05, 4.69) is 4.98 Å². The van der Waals surface area contributed by atoms with Crippen LogP contribution in [0.5, 0.6) is 0 Å². The lowest BCUT2D eigenvalue weighted by Gasteiger charge is -2.08. The van der Waals surface area contributed by atoms with Crippen LogP contribution in [0, 0.1) is 6.92 Å². The summed E-state index contributed by atoms with van der Waals surface area (Å²) in [6, 6.07) is 0. The minimum absolute atomic E-state index is 0.0146. The molecule has 7 heteroatoms. The Morgan fingerprint density at radius 2 is 2.11 bits per heavy atom. The lowest BCUT2D eigenvalue weighted by molar-refractivity contribution is -0.136. The number of carbonyl (C=O) groups is 2. The Morgan fingerprint density at radius 1 is 1.44 bits per heavy atom. The molecule has 1 aromatic heterocycles. The molecule has 0 radical (unpaired) electrons. The summed E-state index contributed by atoms with van der Waals surface area (Å²) in [6.07, 6.45) is 0.477. The lowest BCUT2D eigenvalue weighted by atomic mass is 10.3.